The number of nitrogens with one attached hydrogen (secondary N) is 1. The van der Waals surface area contributed by atoms with Gasteiger partial charge in [-0.3, -0.25) is 23.7 Å². The van der Waals surface area contributed by atoms with Crippen LogP contribution < -0.4 is 20.2 Å². The maximum absolute atomic E-state index is 13.7. The van der Waals surface area contributed by atoms with Gasteiger partial charge in [0.2, 0.25) is 27.7 Å². The summed E-state index contributed by atoms with van der Waals surface area (Å²) in [5.41, 5.74) is 0.510. The molecule has 3 N–H and O–H groups in total. The summed E-state index contributed by atoms with van der Waals surface area (Å²) in [4.78, 5) is 54.2. The van der Waals surface area contributed by atoms with Crippen LogP contribution in [0.15, 0.2) is 86.1 Å². The summed E-state index contributed by atoms with van der Waals surface area (Å²) < 4.78 is 43.4. The fraction of sp³-hybridized carbons (Fsp3) is 0.154. The maximum Gasteiger partial charge on any atom is 0.308 e. The van der Waals surface area contributed by atoms with E-state index in [-0.39, 0.29) is 16.3 Å². The molecule has 2 aliphatic heterocycles. The molecule has 0 bridgehead atoms. The van der Waals surface area contributed by atoms with Crippen molar-refractivity contribution in [1.29, 1.82) is 0 Å². The summed E-state index contributed by atoms with van der Waals surface area (Å²) in [6.07, 6.45) is 1.43. The first kappa shape index (κ1) is 27.1. The lowest BCUT2D eigenvalue weighted by Gasteiger charge is -2.29. The van der Waals surface area contributed by atoms with Crippen molar-refractivity contribution < 1.29 is 31.6 Å². The van der Waals surface area contributed by atoms with Gasteiger partial charge in [-0.05, 0) is 60.7 Å². The molecule has 1 fully saturated rings. The minimum Gasteiger partial charge on any atom is -0.469 e. The summed E-state index contributed by atoms with van der Waals surface area (Å²) >= 11 is 1.89. The molecule has 2 aromatic heterocycles. The molecular formula is C26H19FN4O7S3. The van der Waals surface area contributed by atoms with Crippen molar-refractivity contribution in [2.45, 2.75) is 27.6 Å². The lowest BCUT2D eigenvalue weighted by Crippen LogP contribution is -2.32. The molecule has 0 aliphatic carbocycles. The van der Waals surface area contributed by atoms with Gasteiger partial charge in [0.25, 0.3) is 0 Å². The predicted octanol–water partition coefficient (Wildman–Crippen LogP) is 2.72. The number of aromatic nitrogens is 1. The zero-order valence-electron chi connectivity index (χ0n) is 20.7. The number of nitrogens with two attached hydrogens (primary N) is 1. The van der Waals surface area contributed by atoms with Crippen LogP contribution in [0.2, 0.25) is 0 Å². The van der Waals surface area contributed by atoms with Crippen LogP contribution in [-0.2, 0) is 31.0 Å². The van der Waals surface area contributed by atoms with Gasteiger partial charge in [-0.15, -0.1) is 0 Å². The summed E-state index contributed by atoms with van der Waals surface area (Å²) in [7, 11) is -3.91. The Morgan fingerprint density at radius 2 is 1.73 bits per heavy atom. The number of halogens is 1. The Hall–Kier alpha value is -4.05. The van der Waals surface area contributed by atoms with Gasteiger partial charge in [0.05, 0.1) is 38.6 Å². The molecular weight excluding hydrogens is 596 g/mol. The van der Waals surface area contributed by atoms with E-state index >= 15 is 0 Å². The lowest BCUT2D eigenvalue weighted by molar-refractivity contribution is -0.122. The number of hydrogen-bond donors (Lipinski definition) is 2. The van der Waals surface area contributed by atoms with Gasteiger partial charge in [0.1, 0.15) is 23.4 Å². The number of rotatable bonds is 6. The molecule has 210 valence electrons. The number of imide groups is 1. The third kappa shape index (κ3) is 4.80. The maximum atomic E-state index is 13.7. The van der Waals surface area contributed by atoms with Crippen LogP contribution in [-0.4, -0.2) is 36.0 Å². The van der Waals surface area contributed by atoms with Crippen molar-refractivity contribution in [3.63, 3.8) is 0 Å². The van der Waals surface area contributed by atoms with Gasteiger partial charge in [0.15, 0.2) is 0 Å². The van der Waals surface area contributed by atoms with E-state index in [1.54, 1.807) is 12.1 Å². The Morgan fingerprint density at radius 3 is 2.37 bits per heavy atom. The summed E-state index contributed by atoms with van der Waals surface area (Å²) in [5.74, 6) is -3.39. The molecule has 3 amide bonds. The quantitative estimate of drug-likeness (QED) is 0.314. The molecule has 2 aliphatic rings. The van der Waals surface area contributed by atoms with Crippen molar-refractivity contribution in [2.75, 3.05) is 10.2 Å². The number of hydrogen-bond acceptors (Lipinski definition) is 9. The minimum absolute atomic E-state index is 0.126. The van der Waals surface area contributed by atoms with Crippen LogP contribution in [0.5, 0.6) is 0 Å². The number of benzene rings is 2. The monoisotopic (exact) mass is 614 g/mol. The van der Waals surface area contributed by atoms with E-state index < -0.39 is 62.1 Å². The van der Waals surface area contributed by atoms with Gasteiger partial charge in [-0.2, -0.15) is 0 Å². The second kappa shape index (κ2) is 10.1. The number of furan rings is 1. The highest BCUT2D eigenvalue weighted by atomic mass is 32.2. The third-order valence-electron chi connectivity index (χ3n) is 6.75. The van der Waals surface area contributed by atoms with Crippen LogP contribution in [0.1, 0.15) is 16.6 Å². The van der Waals surface area contributed by atoms with E-state index in [1.807, 2.05) is 0 Å². The largest absolute Gasteiger partial charge is 0.469 e. The van der Waals surface area contributed by atoms with Crippen LogP contribution in [0.3, 0.4) is 0 Å². The normalized spacial score (nSPS) is 20.1. The number of fused-ring (bicyclic) bond motifs is 2. The highest BCUT2D eigenvalue weighted by Crippen LogP contribution is 2.53. The van der Waals surface area contributed by atoms with E-state index in [2.05, 4.69) is 5.32 Å². The van der Waals surface area contributed by atoms with Crippen molar-refractivity contribution in [1.82, 2.24) is 4.57 Å². The third-order valence-corrected chi connectivity index (χ3v) is 10.3. The summed E-state index contributed by atoms with van der Waals surface area (Å²) in [5, 5.41) is 7.15. The molecule has 3 atom stereocenters. The SMILES string of the molecule is NS(=O)(=O)c1ccc(NC(=O)Cn2c3c(sc2=O)C(c2ccco2)C2C(=O)N(c4ccc(F)cc4)C(=O)C2S3)cc1. The van der Waals surface area contributed by atoms with E-state index in [0.29, 0.717) is 15.7 Å². The highest BCUT2D eigenvalue weighted by Gasteiger charge is 2.57. The molecule has 6 rings (SSSR count). The molecule has 1 saturated heterocycles. The summed E-state index contributed by atoms with van der Waals surface area (Å²) in [6, 6.07) is 13.5. The van der Waals surface area contributed by atoms with Gasteiger partial charge in [0, 0.05) is 5.69 Å². The number of sulfonamides is 1. The standard InChI is InChI=1S/C26H19FN4O7S3/c27-13-3-7-15(8-4-13)31-23(33)20-19(17-2-1-11-38-17)22-25(39-21(20)24(31)34)30(26(35)40-22)12-18(32)29-14-5-9-16(10-6-14)41(28,36)37/h1-11,19-21H,12H2,(H,29,32)(H2,28,36,37). The van der Waals surface area contributed by atoms with Crippen molar-refractivity contribution in [2.24, 2.45) is 11.1 Å². The van der Waals surface area contributed by atoms with Gasteiger partial charge >= 0.3 is 4.87 Å². The van der Waals surface area contributed by atoms with Crippen molar-refractivity contribution in [3.05, 3.63) is 93.0 Å². The lowest BCUT2D eigenvalue weighted by atomic mass is 9.87. The Labute approximate surface area is 239 Å². The topological polar surface area (TPSA) is 162 Å². The molecule has 11 nitrogen and oxygen atoms in total. The molecule has 0 spiro atoms. The van der Waals surface area contributed by atoms with E-state index in [4.69, 9.17) is 9.56 Å². The second-order valence-corrected chi connectivity index (χ2v) is 13.0. The van der Waals surface area contributed by atoms with Crippen molar-refractivity contribution >= 4 is 62.2 Å². The molecule has 2 aromatic carbocycles. The Morgan fingerprint density at radius 1 is 1.02 bits per heavy atom. The minimum atomic E-state index is -3.91. The first-order valence-electron chi connectivity index (χ1n) is 12.0. The number of anilines is 2. The number of primary sulfonamides is 1. The Balaban J connectivity index is 1.33. The van der Waals surface area contributed by atoms with Crippen LogP contribution in [0, 0.1) is 11.7 Å². The van der Waals surface area contributed by atoms with E-state index in [9.17, 15) is 32.0 Å². The Kier molecular flexibility index (Phi) is 6.68. The predicted molar refractivity (Wildman–Crippen MR) is 148 cm³/mol. The van der Waals surface area contributed by atoms with Crippen LogP contribution in [0.4, 0.5) is 15.8 Å². The molecule has 41 heavy (non-hydrogen) atoms. The van der Waals surface area contributed by atoms with Gasteiger partial charge in [-0.25, -0.2) is 22.8 Å². The molecule has 4 aromatic rings. The zero-order valence-corrected chi connectivity index (χ0v) is 23.2. The summed E-state index contributed by atoms with van der Waals surface area (Å²) in [6.45, 7) is -0.402. The van der Waals surface area contributed by atoms with Crippen LogP contribution in [0.25, 0.3) is 0 Å². The fourth-order valence-corrected chi connectivity index (χ4v) is 8.22. The molecule has 3 unspecified atom stereocenters. The van der Waals surface area contributed by atoms with E-state index in [0.717, 1.165) is 40.1 Å². The number of thioether (sulfide) groups is 1. The van der Waals surface area contributed by atoms with E-state index in [1.165, 1.54) is 47.2 Å². The van der Waals surface area contributed by atoms with Crippen molar-refractivity contribution in [3.8, 4) is 0 Å². The number of nitrogens with zero attached hydrogens (tertiary/aromatic N) is 2. The number of amides is 3. The van der Waals surface area contributed by atoms with Gasteiger partial charge in [-0.1, -0.05) is 23.1 Å². The Bertz CT molecular complexity index is 1850. The zero-order chi connectivity index (χ0) is 29.1. The van der Waals surface area contributed by atoms with Gasteiger partial charge < -0.3 is 9.73 Å². The smallest absolute Gasteiger partial charge is 0.308 e. The number of carbonyl (C=O) groups excluding carboxylic acids is 3. The first-order chi connectivity index (χ1) is 19.5. The fourth-order valence-electron chi connectivity index (χ4n) is 4.95. The molecule has 15 heteroatoms. The average Bonchev–Trinajstić information content (AvgIpc) is 3.62. The first-order valence-corrected chi connectivity index (χ1v) is 15.3. The number of thiazole rings is 1. The number of carbonyl (C=O) groups is 3. The highest BCUT2D eigenvalue weighted by molar-refractivity contribution is 8.00. The average molecular weight is 615 g/mol. The molecule has 4 heterocycles. The molecule has 0 saturated carbocycles. The molecule has 0 radical (unpaired) electrons. The van der Waals surface area contributed by atoms with Crippen LogP contribution >= 0.6 is 23.1 Å². The second-order valence-electron chi connectivity index (χ2n) is 9.29.